The fourth-order valence-electron chi connectivity index (χ4n) is 11.6. The van der Waals surface area contributed by atoms with Crippen LogP contribution in [0.25, 0.3) is 98.4 Å². The third-order valence-electron chi connectivity index (χ3n) is 15.0. The van der Waals surface area contributed by atoms with E-state index in [1.54, 1.807) is 0 Å². The van der Waals surface area contributed by atoms with E-state index in [-0.39, 0.29) is 0 Å². The number of anilines is 6. The topological polar surface area (TPSA) is 32.8 Å². The monoisotopic (exact) mass is 924 g/mol. The van der Waals surface area contributed by atoms with Crippen molar-refractivity contribution in [1.82, 2.24) is 0 Å². The fraction of sp³-hybridized carbons (Fsp3) is 0.0588. The number of aryl methyl sites for hydroxylation is 2. The summed E-state index contributed by atoms with van der Waals surface area (Å²) in [6, 6.07) is 83.6. The van der Waals surface area contributed by atoms with Crippen molar-refractivity contribution in [1.29, 1.82) is 0 Å². The lowest BCUT2D eigenvalue weighted by molar-refractivity contribution is 0.669. The fourth-order valence-corrected chi connectivity index (χ4v) is 11.6. The molecule has 0 amide bonds. The van der Waals surface area contributed by atoms with Crippen LogP contribution in [0.2, 0.25) is 0 Å². The second-order valence-electron chi connectivity index (χ2n) is 18.9. The van der Waals surface area contributed by atoms with Crippen molar-refractivity contribution in [3.63, 3.8) is 0 Å². The van der Waals surface area contributed by atoms with Crippen LogP contribution in [-0.2, 0) is 12.8 Å². The molecular weight excluding hydrogens is 877 g/mol. The molecule has 0 aliphatic heterocycles. The van der Waals surface area contributed by atoms with Crippen LogP contribution in [0.5, 0.6) is 0 Å². The van der Waals surface area contributed by atoms with Crippen LogP contribution in [-0.4, -0.2) is 0 Å². The molecule has 2 aromatic heterocycles. The molecule has 2 heterocycles. The minimum absolute atomic E-state index is 0.891. The number of hydrogen-bond acceptors (Lipinski definition) is 4. The summed E-state index contributed by atoms with van der Waals surface area (Å²) in [6.45, 7) is 4.57. The first-order chi connectivity index (χ1) is 35.6. The molecule has 14 rings (SSSR count). The zero-order chi connectivity index (χ0) is 47.9. The Kier molecular flexibility index (Phi) is 9.75. The largest absolute Gasteiger partial charge is 0.455 e. The zero-order valence-electron chi connectivity index (χ0n) is 40.1. The molecule has 0 fully saturated rings. The number of benzene rings is 12. The van der Waals surface area contributed by atoms with Crippen LogP contribution in [0.15, 0.2) is 239 Å². The number of para-hydroxylation sites is 6. The highest BCUT2D eigenvalue weighted by molar-refractivity contribution is 6.29. The van der Waals surface area contributed by atoms with Gasteiger partial charge in [0.1, 0.15) is 22.3 Å². The first kappa shape index (κ1) is 41.8. The summed E-state index contributed by atoms with van der Waals surface area (Å²) in [7, 11) is 0. The molecule has 0 unspecified atom stereocenters. The Labute approximate surface area is 417 Å². The molecule has 0 spiro atoms. The Bertz CT molecular complexity index is 4060. The van der Waals surface area contributed by atoms with Crippen LogP contribution >= 0.6 is 0 Å². The maximum absolute atomic E-state index is 6.50. The molecule has 0 bridgehead atoms. The Balaban J connectivity index is 0.945. The van der Waals surface area contributed by atoms with Crippen molar-refractivity contribution < 1.29 is 8.83 Å². The Morgan fingerprint density at radius 3 is 1.08 bits per heavy atom. The Morgan fingerprint density at radius 1 is 0.306 bits per heavy atom. The molecule has 0 aliphatic rings. The number of fused-ring (bicyclic) bond motifs is 6. The van der Waals surface area contributed by atoms with E-state index in [0.29, 0.717) is 0 Å². The van der Waals surface area contributed by atoms with E-state index in [1.165, 1.54) is 43.4 Å². The van der Waals surface area contributed by atoms with Crippen molar-refractivity contribution >= 4 is 110 Å². The van der Waals surface area contributed by atoms with Gasteiger partial charge in [-0.25, -0.2) is 0 Å². The second kappa shape index (κ2) is 16.8. The maximum atomic E-state index is 6.50. The van der Waals surface area contributed by atoms with Gasteiger partial charge in [-0.2, -0.15) is 0 Å². The molecule has 72 heavy (non-hydrogen) atoms. The summed E-state index contributed by atoms with van der Waals surface area (Å²) in [5.74, 6) is 0. The summed E-state index contributed by atoms with van der Waals surface area (Å²) in [5, 5.41) is 12.2. The van der Waals surface area contributed by atoms with E-state index in [9.17, 15) is 0 Å². The number of hydrogen-bond donors (Lipinski definition) is 0. The third kappa shape index (κ3) is 6.53. The lowest BCUT2D eigenvalue weighted by Crippen LogP contribution is -2.12. The highest BCUT2D eigenvalue weighted by Crippen LogP contribution is 2.50. The lowest BCUT2D eigenvalue weighted by Gasteiger charge is -2.31. The van der Waals surface area contributed by atoms with Gasteiger partial charge >= 0.3 is 0 Å². The summed E-state index contributed by atoms with van der Waals surface area (Å²) in [5.41, 5.74) is 17.4. The van der Waals surface area contributed by atoms with E-state index >= 15 is 0 Å². The standard InChI is InChI=1S/C68H48N2O2/c1-3-43-41-61(69(47-17-7-5-8-18-47)49-33-29-45(30-34-49)53-23-15-25-57-55-21-11-13-27-63(55)71-67(53)57)59-40-38-52-44(4-2)42-62(60-39-37-51(43)65(59)66(52)60)70(48-19-9-6-10-20-48)50-35-31-46(32-36-50)54-24-16-26-58-56-22-12-14-28-64(56)72-68(54)58/h5-42H,3-4H2,1-2H3. The summed E-state index contributed by atoms with van der Waals surface area (Å²) >= 11 is 0. The van der Waals surface area contributed by atoms with Gasteiger partial charge in [-0.15, -0.1) is 0 Å². The average molecular weight is 925 g/mol. The molecule has 0 atom stereocenters. The van der Waals surface area contributed by atoms with Crippen molar-refractivity contribution in [2.45, 2.75) is 26.7 Å². The Morgan fingerprint density at radius 2 is 0.667 bits per heavy atom. The van der Waals surface area contributed by atoms with E-state index in [4.69, 9.17) is 8.83 Å². The predicted octanol–water partition coefficient (Wildman–Crippen LogP) is 19.8. The minimum atomic E-state index is 0.891. The number of rotatable bonds is 10. The van der Waals surface area contributed by atoms with Crippen molar-refractivity contribution in [2.75, 3.05) is 9.80 Å². The molecule has 0 N–H and O–H groups in total. The van der Waals surface area contributed by atoms with Gasteiger partial charge in [-0.05, 0) is 129 Å². The van der Waals surface area contributed by atoms with Crippen LogP contribution in [0, 0.1) is 0 Å². The van der Waals surface area contributed by atoms with E-state index < -0.39 is 0 Å². The van der Waals surface area contributed by atoms with Crippen molar-refractivity contribution in [3.8, 4) is 22.3 Å². The number of furan rings is 2. The van der Waals surface area contributed by atoms with Crippen molar-refractivity contribution in [2.24, 2.45) is 0 Å². The van der Waals surface area contributed by atoms with E-state index in [2.05, 4.69) is 242 Å². The van der Waals surface area contributed by atoms with Crippen LogP contribution in [0.4, 0.5) is 34.1 Å². The normalized spacial score (nSPS) is 11.9. The molecule has 0 aliphatic carbocycles. The molecule has 342 valence electrons. The quantitative estimate of drug-likeness (QED) is 0.128. The SMILES string of the molecule is CCc1cc(N(c2ccccc2)c2ccc(-c3cccc4c3oc3ccccc34)cc2)c2ccc3c(CC)cc(N(c4ccccc4)c4ccc(-c5cccc6c5oc5ccccc56)cc4)c4ccc1c2c34. The molecule has 12 aromatic carbocycles. The van der Waals surface area contributed by atoms with Crippen LogP contribution in [0.1, 0.15) is 25.0 Å². The molecule has 0 saturated heterocycles. The van der Waals surface area contributed by atoms with Crippen LogP contribution in [0.3, 0.4) is 0 Å². The summed E-state index contributed by atoms with van der Waals surface area (Å²) in [6.07, 6.45) is 1.78. The average Bonchev–Trinajstić information content (AvgIpc) is 4.03. The minimum Gasteiger partial charge on any atom is -0.455 e. The molecule has 4 nitrogen and oxygen atoms in total. The first-order valence-corrected chi connectivity index (χ1v) is 25.1. The second-order valence-corrected chi connectivity index (χ2v) is 18.9. The first-order valence-electron chi connectivity index (χ1n) is 25.1. The van der Waals surface area contributed by atoms with Gasteiger partial charge in [0.05, 0.1) is 11.4 Å². The summed E-state index contributed by atoms with van der Waals surface area (Å²) in [4.78, 5) is 4.89. The lowest BCUT2D eigenvalue weighted by atomic mass is 9.86. The van der Waals surface area contributed by atoms with Gasteiger partial charge in [0.25, 0.3) is 0 Å². The van der Waals surface area contributed by atoms with E-state index in [1.807, 2.05) is 12.1 Å². The zero-order valence-corrected chi connectivity index (χ0v) is 40.1. The summed E-state index contributed by atoms with van der Waals surface area (Å²) < 4.78 is 13.0. The number of nitrogens with zero attached hydrogens (tertiary/aromatic N) is 2. The van der Waals surface area contributed by atoms with Gasteiger partial charge in [0.15, 0.2) is 0 Å². The highest BCUT2D eigenvalue weighted by Gasteiger charge is 2.25. The molecule has 14 aromatic rings. The molecule has 0 saturated carbocycles. The Hall–Kier alpha value is -9.12. The van der Waals surface area contributed by atoms with Gasteiger partial charge in [0.2, 0.25) is 0 Å². The highest BCUT2D eigenvalue weighted by atomic mass is 16.3. The van der Waals surface area contributed by atoms with Gasteiger partial charge in [0, 0.05) is 66.2 Å². The molecule has 0 radical (unpaired) electrons. The third-order valence-corrected chi connectivity index (χ3v) is 15.0. The van der Waals surface area contributed by atoms with Gasteiger partial charge < -0.3 is 18.6 Å². The van der Waals surface area contributed by atoms with Gasteiger partial charge in [-0.3, -0.25) is 0 Å². The smallest absolute Gasteiger partial charge is 0.143 e. The van der Waals surface area contributed by atoms with Gasteiger partial charge in [-0.1, -0.05) is 172 Å². The van der Waals surface area contributed by atoms with E-state index in [0.717, 1.165) is 113 Å². The maximum Gasteiger partial charge on any atom is 0.143 e. The molecular formula is C68H48N2O2. The predicted molar refractivity (Wildman–Crippen MR) is 304 cm³/mol. The molecule has 4 heteroatoms. The van der Waals surface area contributed by atoms with Crippen LogP contribution < -0.4 is 9.80 Å². The van der Waals surface area contributed by atoms with Crippen molar-refractivity contribution in [3.05, 3.63) is 242 Å².